The summed E-state index contributed by atoms with van der Waals surface area (Å²) in [5, 5.41) is 0. The van der Waals surface area contributed by atoms with Crippen molar-refractivity contribution in [3.63, 3.8) is 0 Å². The smallest absolute Gasteiger partial charge is 0.333 e. The summed E-state index contributed by atoms with van der Waals surface area (Å²) in [7, 11) is 0. The van der Waals surface area contributed by atoms with Crippen molar-refractivity contribution < 1.29 is 9.53 Å². The lowest BCUT2D eigenvalue weighted by atomic mass is 10.1. The Balaban J connectivity index is 4.09. The first-order valence-electron chi connectivity index (χ1n) is 4.46. The summed E-state index contributed by atoms with van der Waals surface area (Å²) in [5.41, 5.74) is 1.86. The summed E-state index contributed by atoms with van der Waals surface area (Å²) in [6.07, 6.45) is 1.79. The second kappa shape index (κ2) is 5.81. The zero-order valence-corrected chi connectivity index (χ0v) is 8.44. The first kappa shape index (κ1) is 11.2. The average molecular weight is 170 g/mol. The van der Waals surface area contributed by atoms with Crippen LogP contribution in [0.4, 0.5) is 0 Å². The van der Waals surface area contributed by atoms with E-state index in [2.05, 4.69) is 0 Å². The van der Waals surface area contributed by atoms with Crippen molar-refractivity contribution in [1.29, 1.82) is 0 Å². The molecule has 0 aromatic rings. The van der Waals surface area contributed by atoms with Crippen molar-refractivity contribution >= 4 is 5.97 Å². The van der Waals surface area contributed by atoms with Crippen LogP contribution in [0, 0.1) is 0 Å². The Labute approximate surface area is 74.6 Å². The summed E-state index contributed by atoms with van der Waals surface area (Å²) in [4.78, 5) is 11.2. The van der Waals surface area contributed by atoms with Gasteiger partial charge in [-0.2, -0.15) is 0 Å². The number of allylic oxidation sites excluding steroid dienone is 1. The molecule has 0 heterocycles. The number of hydrogen-bond acceptors (Lipinski definition) is 2. The Kier molecular flexibility index (Phi) is 5.43. The van der Waals surface area contributed by atoms with Crippen molar-refractivity contribution in [2.24, 2.45) is 0 Å². The van der Waals surface area contributed by atoms with Crippen molar-refractivity contribution in [2.45, 2.75) is 40.5 Å². The lowest BCUT2D eigenvalue weighted by Crippen LogP contribution is -2.07. The molecule has 0 atom stereocenters. The van der Waals surface area contributed by atoms with E-state index in [4.69, 9.17) is 4.74 Å². The van der Waals surface area contributed by atoms with Gasteiger partial charge in [-0.3, -0.25) is 0 Å². The van der Waals surface area contributed by atoms with Crippen LogP contribution in [0.25, 0.3) is 0 Å². The van der Waals surface area contributed by atoms with Crippen molar-refractivity contribution in [2.75, 3.05) is 6.61 Å². The Bertz CT molecular complexity index is 180. The van der Waals surface area contributed by atoms with Crippen molar-refractivity contribution in [1.82, 2.24) is 0 Å². The lowest BCUT2D eigenvalue weighted by molar-refractivity contribution is -0.139. The minimum absolute atomic E-state index is 0.170. The van der Waals surface area contributed by atoms with Gasteiger partial charge in [0, 0.05) is 5.57 Å². The maximum absolute atomic E-state index is 11.2. The van der Waals surface area contributed by atoms with Crippen LogP contribution >= 0.6 is 0 Å². The van der Waals surface area contributed by atoms with E-state index >= 15 is 0 Å². The third-order valence-corrected chi connectivity index (χ3v) is 1.91. The van der Waals surface area contributed by atoms with Gasteiger partial charge in [0.25, 0.3) is 0 Å². The maximum atomic E-state index is 11.2. The monoisotopic (exact) mass is 170 g/mol. The molecule has 70 valence electrons. The van der Waals surface area contributed by atoms with E-state index < -0.39 is 0 Å². The summed E-state index contributed by atoms with van der Waals surface area (Å²) in [6, 6.07) is 0. The van der Waals surface area contributed by atoms with Crippen LogP contribution in [-0.2, 0) is 9.53 Å². The number of esters is 1. The Morgan fingerprint density at radius 2 is 1.83 bits per heavy atom. The van der Waals surface area contributed by atoms with E-state index in [1.807, 2.05) is 27.7 Å². The standard InChI is InChI=1S/C10H18O2/c1-5-7-12-10(11)9(4)8(3)6-2/h5-7H2,1-4H3. The fraction of sp³-hybridized carbons (Fsp3) is 0.700. The quantitative estimate of drug-likeness (QED) is 0.479. The minimum Gasteiger partial charge on any atom is -0.462 e. The highest BCUT2D eigenvalue weighted by Gasteiger charge is 2.06. The first-order valence-corrected chi connectivity index (χ1v) is 4.46. The molecule has 0 aromatic heterocycles. The summed E-state index contributed by atoms with van der Waals surface area (Å²) < 4.78 is 4.98. The third-order valence-electron chi connectivity index (χ3n) is 1.91. The van der Waals surface area contributed by atoms with Crippen molar-refractivity contribution in [3.05, 3.63) is 11.1 Å². The molecular formula is C10H18O2. The summed E-state index contributed by atoms with van der Waals surface area (Å²) in [6.45, 7) is 8.32. The Hall–Kier alpha value is -0.790. The highest BCUT2D eigenvalue weighted by Crippen LogP contribution is 2.08. The molecule has 0 saturated carbocycles. The molecule has 0 aromatic carbocycles. The topological polar surface area (TPSA) is 26.3 Å². The summed E-state index contributed by atoms with van der Waals surface area (Å²) in [5.74, 6) is -0.170. The van der Waals surface area contributed by atoms with Gasteiger partial charge in [-0.15, -0.1) is 0 Å². The zero-order chi connectivity index (χ0) is 9.56. The van der Waals surface area contributed by atoms with Crippen LogP contribution in [0.2, 0.25) is 0 Å². The van der Waals surface area contributed by atoms with Gasteiger partial charge in [0.2, 0.25) is 0 Å². The Morgan fingerprint density at radius 1 is 1.25 bits per heavy atom. The van der Waals surface area contributed by atoms with Crippen LogP contribution in [0.5, 0.6) is 0 Å². The molecule has 2 nitrogen and oxygen atoms in total. The van der Waals surface area contributed by atoms with E-state index in [0.29, 0.717) is 6.61 Å². The van der Waals surface area contributed by atoms with Gasteiger partial charge in [-0.05, 0) is 26.7 Å². The molecule has 0 unspecified atom stereocenters. The molecule has 0 fully saturated rings. The van der Waals surface area contributed by atoms with E-state index in [9.17, 15) is 4.79 Å². The van der Waals surface area contributed by atoms with Crippen molar-refractivity contribution in [3.8, 4) is 0 Å². The largest absolute Gasteiger partial charge is 0.462 e. The predicted molar refractivity (Wildman–Crippen MR) is 49.9 cm³/mol. The van der Waals surface area contributed by atoms with E-state index in [-0.39, 0.29) is 5.97 Å². The van der Waals surface area contributed by atoms with Crippen LogP contribution in [0.1, 0.15) is 40.5 Å². The number of hydrogen-bond donors (Lipinski definition) is 0. The molecule has 0 rings (SSSR count). The molecule has 0 bridgehead atoms. The second-order valence-corrected chi connectivity index (χ2v) is 2.89. The van der Waals surface area contributed by atoms with Gasteiger partial charge in [-0.1, -0.05) is 19.4 Å². The molecule has 0 radical (unpaired) electrons. The fourth-order valence-corrected chi connectivity index (χ4v) is 0.742. The second-order valence-electron chi connectivity index (χ2n) is 2.89. The van der Waals surface area contributed by atoms with Gasteiger partial charge >= 0.3 is 5.97 Å². The molecule has 12 heavy (non-hydrogen) atoms. The molecule has 0 N–H and O–H groups in total. The van der Waals surface area contributed by atoms with Crippen LogP contribution in [0.15, 0.2) is 11.1 Å². The van der Waals surface area contributed by atoms with Gasteiger partial charge in [0.1, 0.15) is 0 Å². The van der Waals surface area contributed by atoms with Gasteiger partial charge in [0.05, 0.1) is 6.61 Å². The third kappa shape index (κ3) is 3.56. The molecule has 0 aliphatic heterocycles. The number of carbonyl (C=O) groups excluding carboxylic acids is 1. The highest BCUT2D eigenvalue weighted by molar-refractivity contribution is 5.88. The maximum Gasteiger partial charge on any atom is 0.333 e. The fourth-order valence-electron chi connectivity index (χ4n) is 0.742. The molecule has 0 aliphatic rings. The molecule has 0 aliphatic carbocycles. The van der Waals surface area contributed by atoms with Gasteiger partial charge < -0.3 is 4.74 Å². The lowest BCUT2D eigenvalue weighted by Gasteiger charge is -2.05. The minimum atomic E-state index is -0.170. The number of carbonyl (C=O) groups is 1. The Morgan fingerprint density at radius 3 is 2.25 bits per heavy atom. The number of rotatable bonds is 4. The van der Waals surface area contributed by atoms with Crippen LogP contribution in [-0.4, -0.2) is 12.6 Å². The van der Waals surface area contributed by atoms with E-state index in [1.165, 1.54) is 0 Å². The van der Waals surface area contributed by atoms with Crippen LogP contribution < -0.4 is 0 Å². The molecule has 0 saturated heterocycles. The predicted octanol–water partition coefficient (Wildman–Crippen LogP) is 2.69. The summed E-state index contributed by atoms with van der Waals surface area (Å²) >= 11 is 0. The van der Waals surface area contributed by atoms with E-state index in [1.54, 1.807) is 0 Å². The normalized spacial score (nSPS) is 12.3. The van der Waals surface area contributed by atoms with E-state index in [0.717, 1.165) is 24.0 Å². The van der Waals surface area contributed by atoms with Gasteiger partial charge in [-0.25, -0.2) is 4.79 Å². The number of ether oxygens (including phenoxy) is 1. The average Bonchev–Trinajstić information content (AvgIpc) is 2.11. The van der Waals surface area contributed by atoms with Gasteiger partial charge in [0.15, 0.2) is 0 Å². The highest BCUT2D eigenvalue weighted by atomic mass is 16.5. The molecule has 0 spiro atoms. The van der Waals surface area contributed by atoms with Crippen LogP contribution in [0.3, 0.4) is 0 Å². The molecule has 0 amide bonds. The molecular weight excluding hydrogens is 152 g/mol. The zero-order valence-electron chi connectivity index (χ0n) is 8.44. The SMILES string of the molecule is CCCOC(=O)C(C)=C(C)CC. The molecule has 2 heteroatoms. The first-order chi connectivity index (χ1) is 5.63.